The standard InChI is InChI=1S/C16H11ClO2/c17-14-6-7-15-12(9-14)8-13(10-19-15)16(18)11-4-2-1-3-5-11/h1-9H,10H2. The molecule has 0 amide bonds. The lowest BCUT2D eigenvalue weighted by Gasteiger charge is -2.17. The van der Waals surface area contributed by atoms with E-state index in [9.17, 15) is 4.79 Å². The summed E-state index contributed by atoms with van der Waals surface area (Å²) in [5, 5.41) is 0.631. The Kier molecular flexibility index (Phi) is 3.10. The third kappa shape index (κ3) is 2.40. The van der Waals surface area contributed by atoms with Crippen LogP contribution < -0.4 is 4.74 Å². The van der Waals surface area contributed by atoms with Crippen LogP contribution in [0.5, 0.6) is 5.75 Å². The molecule has 0 saturated heterocycles. The van der Waals surface area contributed by atoms with E-state index in [1.165, 1.54) is 0 Å². The number of benzene rings is 2. The van der Waals surface area contributed by atoms with E-state index in [1.807, 2.05) is 30.3 Å². The minimum atomic E-state index is -0.00812. The highest BCUT2D eigenvalue weighted by Gasteiger charge is 2.18. The summed E-state index contributed by atoms with van der Waals surface area (Å²) in [5.41, 5.74) is 2.15. The van der Waals surface area contributed by atoms with Gasteiger partial charge in [-0.1, -0.05) is 41.9 Å². The third-order valence-corrected chi connectivity index (χ3v) is 3.25. The summed E-state index contributed by atoms with van der Waals surface area (Å²) in [5.74, 6) is 0.750. The Morgan fingerprint density at radius 1 is 1.11 bits per heavy atom. The summed E-state index contributed by atoms with van der Waals surface area (Å²) >= 11 is 5.95. The van der Waals surface area contributed by atoms with Gasteiger partial charge >= 0.3 is 0 Å². The van der Waals surface area contributed by atoms with E-state index in [2.05, 4.69) is 0 Å². The second-order valence-electron chi connectivity index (χ2n) is 4.34. The molecule has 1 heterocycles. The molecule has 0 saturated carbocycles. The number of hydrogen-bond donors (Lipinski definition) is 0. The van der Waals surface area contributed by atoms with E-state index in [0.717, 1.165) is 11.3 Å². The number of hydrogen-bond acceptors (Lipinski definition) is 2. The summed E-state index contributed by atoms with van der Waals surface area (Å²) in [4.78, 5) is 12.3. The molecule has 0 radical (unpaired) electrons. The van der Waals surface area contributed by atoms with Crippen molar-refractivity contribution in [2.24, 2.45) is 0 Å². The van der Waals surface area contributed by atoms with Crippen LogP contribution in [0.4, 0.5) is 0 Å². The van der Waals surface area contributed by atoms with E-state index in [0.29, 0.717) is 22.8 Å². The fraction of sp³-hybridized carbons (Fsp3) is 0.0625. The van der Waals surface area contributed by atoms with E-state index in [1.54, 1.807) is 24.3 Å². The van der Waals surface area contributed by atoms with Crippen LogP contribution in [0.3, 0.4) is 0 Å². The van der Waals surface area contributed by atoms with Crippen molar-refractivity contribution in [3.63, 3.8) is 0 Å². The number of rotatable bonds is 2. The van der Waals surface area contributed by atoms with Gasteiger partial charge in [0.25, 0.3) is 0 Å². The molecule has 3 rings (SSSR count). The van der Waals surface area contributed by atoms with Crippen molar-refractivity contribution in [2.75, 3.05) is 6.61 Å². The highest BCUT2D eigenvalue weighted by Crippen LogP contribution is 2.29. The molecule has 2 aromatic carbocycles. The average Bonchev–Trinajstić information content (AvgIpc) is 2.46. The largest absolute Gasteiger partial charge is 0.488 e. The Hall–Kier alpha value is -2.06. The minimum Gasteiger partial charge on any atom is -0.488 e. The third-order valence-electron chi connectivity index (χ3n) is 3.01. The summed E-state index contributed by atoms with van der Waals surface area (Å²) < 4.78 is 5.59. The predicted molar refractivity (Wildman–Crippen MR) is 75.7 cm³/mol. The molecule has 94 valence electrons. The highest BCUT2D eigenvalue weighted by molar-refractivity contribution is 6.30. The van der Waals surface area contributed by atoms with Crippen molar-refractivity contribution in [3.05, 3.63) is 70.3 Å². The lowest BCUT2D eigenvalue weighted by atomic mass is 9.99. The van der Waals surface area contributed by atoms with E-state index in [4.69, 9.17) is 16.3 Å². The van der Waals surface area contributed by atoms with Crippen LogP contribution in [0.25, 0.3) is 6.08 Å². The lowest BCUT2D eigenvalue weighted by molar-refractivity contribution is 0.102. The van der Waals surface area contributed by atoms with Crippen LogP contribution in [0.15, 0.2) is 54.1 Å². The molecule has 2 aromatic rings. The maximum atomic E-state index is 12.3. The molecule has 0 N–H and O–H groups in total. The summed E-state index contributed by atoms with van der Waals surface area (Å²) in [6, 6.07) is 14.6. The quantitative estimate of drug-likeness (QED) is 0.771. The van der Waals surface area contributed by atoms with Crippen LogP contribution in [0, 0.1) is 0 Å². The highest BCUT2D eigenvalue weighted by atomic mass is 35.5. The number of carbonyl (C=O) groups excluding carboxylic acids is 1. The van der Waals surface area contributed by atoms with E-state index in [-0.39, 0.29) is 5.78 Å². The molecule has 19 heavy (non-hydrogen) atoms. The topological polar surface area (TPSA) is 26.3 Å². The summed E-state index contributed by atoms with van der Waals surface area (Å²) in [6.45, 7) is 0.294. The van der Waals surface area contributed by atoms with Crippen LogP contribution in [0.2, 0.25) is 5.02 Å². The van der Waals surface area contributed by atoms with Crippen LogP contribution >= 0.6 is 11.6 Å². The molecule has 0 atom stereocenters. The molecule has 1 aliphatic rings. The average molecular weight is 271 g/mol. The normalized spacial score (nSPS) is 13.2. The van der Waals surface area contributed by atoms with Crippen LogP contribution in [0.1, 0.15) is 15.9 Å². The molecule has 0 fully saturated rings. The molecule has 0 spiro atoms. The second-order valence-corrected chi connectivity index (χ2v) is 4.77. The minimum absolute atomic E-state index is 0.00812. The molecule has 0 unspecified atom stereocenters. The zero-order chi connectivity index (χ0) is 13.2. The Morgan fingerprint density at radius 3 is 2.68 bits per heavy atom. The molecule has 0 aliphatic carbocycles. The second kappa shape index (κ2) is 4.90. The first kappa shape index (κ1) is 12.0. The van der Waals surface area contributed by atoms with Crippen molar-refractivity contribution in [2.45, 2.75) is 0 Å². The van der Waals surface area contributed by atoms with Gasteiger partial charge in [-0.2, -0.15) is 0 Å². The smallest absolute Gasteiger partial charge is 0.192 e. The number of fused-ring (bicyclic) bond motifs is 1. The zero-order valence-electron chi connectivity index (χ0n) is 10.1. The number of Topliss-reactive ketones (excluding diaryl/α,β-unsaturated/α-hetero) is 1. The maximum absolute atomic E-state index is 12.3. The van der Waals surface area contributed by atoms with Gasteiger partial charge in [-0.15, -0.1) is 0 Å². The van der Waals surface area contributed by atoms with Gasteiger partial charge in [0.1, 0.15) is 12.4 Å². The fourth-order valence-electron chi connectivity index (χ4n) is 2.05. The fourth-order valence-corrected chi connectivity index (χ4v) is 2.23. The van der Waals surface area contributed by atoms with Crippen molar-refractivity contribution >= 4 is 23.5 Å². The number of ether oxygens (including phenoxy) is 1. The van der Waals surface area contributed by atoms with Gasteiger partial charge in [-0.05, 0) is 24.3 Å². The maximum Gasteiger partial charge on any atom is 0.192 e. The summed E-state index contributed by atoms with van der Waals surface area (Å²) in [7, 11) is 0. The Balaban J connectivity index is 1.97. The van der Waals surface area contributed by atoms with E-state index >= 15 is 0 Å². The number of carbonyl (C=O) groups is 1. The molecule has 2 nitrogen and oxygen atoms in total. The predicted octanol–water partition coefficient (Wildman–Crippen LogP) is 4.00. The Labute approximate surface area is 116 Å². The first-order chi connectivity index (χ1) is 9.24. The van der Waals surface area contributed by atoms with Crippen molar-refractivity contribution in [1.29, 1.82) is 0 Å². The Morgan fingerprint density at radius 2 is 1.89 bits per heavy atom. The van der Waals surface area contributed by atoms with Crippen molar-refractivity contribution in [1.82, 2.24) is 0 Å². The van der Waals surface area contributed by atoms with E-state index < -0.39 is 0 Å². The molecule has 0 bridgehead atoms. The number of ketones is 1. The first-order valence-corrected chi connectivity index (χ1v) is 6.34. The molecule has 0 aromatic heterocycles. The van der Waals surface area contributed by atoms with Crippen molar-refractivity contribution in [3.8, 4) is 5.75 Å². The van der Waals surface area contributed by atoms with Gasteiger partial charge in [0, 0.05) is 21.7 Å². The van der Waals surface area contributed by atoms with Gasteiger partial charge in [0.15, 0.2) is 5.78 Å². The monoisotopic (exact) mass is 270 g/mol. The van der Waals surface area contributed by atoms with Crippen LogP contribution in [-0.4, -0.2) is 12.4 Å². The molecular weight excluding hydrogens is 260 g/mol. The first-order valence-electron chi connectivity index (χ1n) is 5.97. The summed E-state index contributed by atoms with van der Waals surface area (Å²) in [6.07, 6.45) is 1.85. The van der Waals surface area contributed by atoms with Gasteiger partial charge in [-0.25, -0.2) is 0 Å². The molecule has 3 heteroatoms. The Bertz CT molecular complexity index is 660. The van der Waals surface area contributed by atoms with Crippen molar-refractivity contribution < 1.29 is 9.53 Å². The lowest BCUT2D eigenvalue weighted by Crippen LogP contribution is -2.15. The SMILES string of the molecule is O=C(C1=Cc2cc(Cl)ccc2OC1)c1ccccc1. The van der Waals surface area contributed by atoms with Gasteiger partial charge in [0.05, 0.1) is 0 Å². The van der Waals surface area contributed by atoms with Gasteiger partial charge in [0.2, 0.25) is 0 Å². The van der Waals surface area contributed by atoms with Gasteiger partial charge < -0.3 is 4.74 Å². The molecular formula is C16H11ClO2. The van der Waals surface area contributed by atoms with Gasteiger partial charge in [-0.3, -0.25) is 4.79 Å². The zero-order valence-corrected chi connectivity index (χ0v) is 10.9. The number of halogens is 1. The molecule has 1 aliphatic heterocycles. The van der Waals surface area contributed by atoms with Crippen LogP contribution in [-0.2, 0) is 0 Å².